The van der Waals surface area contributed by atoms with Crippen LogP contribution in [0.4, 0.5) is 5.82 Å². The summed E-state index contributed by atoms with van der Waals surface area (Å²) in [5, 5.41) is 15.1. The molecule has 32 heavy (non-hydrogen) atoms. The number of carboxylic acids is 1. The van der Waals surface area contributed by atoms with Gasteiger partial charge < -0.3 is 5.11 Å². The van der Waals surface area contributed by atoms with Gasteiger partial charge in [0.05, 0.1) is 38.8 Å². The monoisotopic (exact) mass is 488 g/mol. The Labute approximate surface area is 196 Å². The van der Waals surface area contributed by atoms with Crippen LogP contribution in [0.15, 0.2) is 59.8 Å². The van der Waals surface area contributed by atoms with E-state index in [4.69, 9.17) is 23.2 Å². The molecule has 2 aromatic carbocycles. The molecule has 2 aromatic heterocycles. The van der Waals surface area contributed by atoms with Crippen molar-refractivity contribution in [2.24, 2.45) is 7.05 Å². The number of hydrogen-bond donors (Lipinski definition) is 1. The maximum absolute atomic E-state index is 13.7. The summed E-state index contributed by atoms with van der Waals surface area (Å²) in [4.78, 5) is 16.1. The molecule has 0 saturated carbocycles. The van der Waals surface area contributed by atoms with Crippen molar-refractivity contribution in [2.75, 3.05) is 4.31 Å². The molecule has 0 aliphatic rings. The van der Waals surface area contributed by atoms with Gasteiger partial charge in [0, 0.05) is 18.6 Å². The van der Waals surface area contributed by atoms with Crippen LogP contribution in [-0.2, 0) is 24.6 Å². The Hall–Kier alpha value is -2.94. The molecule has 0 bridgehead atoms. The van der Waals surface area contributed by atoms with Crippen LogP contribution in [0.3, 0.4) is 0 Å². The summed E-state index contributed by atoms with van der Waals surface area (Å²) in [5.74, 6) is -0.739. The van der Waals surface area contributed by atoms with Crippen molar-refractivity contribution in [1.82, 2.24) is 14.8 Å². The molecule has 10 heteroatoms. The van der Waals surface area contributed by atoms with Crippen LogP contribution in [0.2, 0.25) is 10.0 Å². The number of benzene rings is 2. The lowest BCUT2D eigenvalue weighted by molar-refractivity contribution is 0.0696. The summed E-state index contributed by atoms with van der Waals surface area (Å²) in [7, 11) is 0.144. The van der Waals surface area contributed by atoms with Gasteiger partial charge in [0.15, 0.2) is 16.8 Å². The molecule has 4 rings (SSSR count). The Morgan fingerprint density at radius 2 is 1.94 bits per heavy atom. The van der Waals surface area contributed by atoms with Gasteiger partial charge in [-0.1, -0.05) is 29.3 Å². The molecule has 0 spiro atoms. The van der Waals surface area contributed by atoms with Crippen molar-refractivity contribution in [3.05, 3.63) is 81.6 Å². The van der Waals surface area contributed by atoms with Gasteiger partial charge in [-0.2, -0.15) is 5.10 Å². The lowest BCUT2D eigenvalue weighted by Gasteiger charge is -2.24. The first kappa shape index (κ1) is 22.3. The zero-order chi connectivity index (χ0) is 23.0. The fraction of sp³-hybridized carbons (Fsp3) is 0.136. The molecule has 0 fully saturated rings. The molecule has 1 N–H and O–H groups in total. The fourth-order valence-corrected chi connectivity index (χ4v) is 5.23. The van der Waals surface area contributed by atoms with Crippen molar-refractivity contribution in [1.29, 1.82) is 0 Å². The first-order chi connectivity index (χ1) is 15.2. The largest absolute Gasteiger partial charge is 0.478 e. The number of aromatic carboxylic acids is 1. The van der Waals surface area contributed by atoms with Gasteiger partial charge in [-0.25, -0.2) is 14.0 Å². The third-order valence-corrected chi connectivity index (χ3v) is 6.99. The van der Waals surface area contributed by atoms with E-state index in [1.807, 2.05) is 25.2 Å². The minimum absolute atomic E-state index is 0.125. The highest BCUT2D eigenvalue weighted by Gasteiger charge is 2.23. The highest BCUT2D eigenvalue weighted by Crippen LogP contribution is 2.31. The van der Waals surface area contributed by atoms with Gasteiger partial charge in [-0.05, 0) is 54.4 Å². The van der Waals surface area contributed by atoms with Gasteiger partial charge >= 0.3 is 5.97 Å². The average molecular weight is 489 g/mol. The van der Waals surface area contributed by atoms with E-state index in [1.165, 1.54) is 18.3 Å². The highest BCUT2D eigenvalue weighted by atomic mass is 35.5. The average Bonchev–Trinajstić information content (AvgIpc) is 3.12. The molecule has 1 unspecified atom stereocenters. The zero-order valence-electron chi connectivity index (χ0n) is 17.1. The highest BCUT2D eigenvalue weighted by molar-refractivity contribution is 7.86. The van der Waals surface area contributed by atoms with Crippen LogP contribution in [-0.4, -0.2) is 30.0 Å². The predicted octanol–water partition coefficient (Wildman–Crippen LogP) is 5.01. The molecule has 1 atom stereocenters. The number of hydrogen-bond acceptors (Lipinski definition) is 4. The molecular formula is C22H18Cl2N4O3S. The number of pyridine rings is 1. The minimum atomic E-state index is -1.72. The van der Waals surface area contributed by atoms with Gasteiger partial charge in [-0.3, -0.25) is 8.99 Å². The SMILES string of the molecule is Cc1cc(C(=O)O)ccc1S(=O)N(Cc1ccc2c(cnn2C)c1)c1ncc(Cl)cc1Cl. The summed E-state index contributed by atoms with van der Waals surface area (Å²) in [6.45, 7) is 1.96. The van der Waals surface area contributed by atoms with Crippen molar-refractivity contribution in [3.8, 4) is 0 Å². The fourth-order valence-electron chi connectivity index (χ4n) is 3.38. The zero-order valence-corrected chi connectivity index (χ0v) is 19.4. The Morgan fingerprint density at radius 1 is 1.16 bits per heavy atom. The van der Waals surface area contributed by atoms with Crippen LogP contribution in [0.25, 0.3) is 10.9 Å². The van der Waals surface area contributed by atoms with Gasteiger partial charge in [0.1, 0.15) is 0 Å². The number of carbonyl (C=O) groups is 1. The van der Waals surface area contributed by atoms with Gasteiger partial charge in [0.2, 0.25) is 0 Å². The van der Waals surface area contributed by atoms with Crippen LogP contribution >= 0.6 is 23.2 Å². The molecule has 2 heterocycles. The third kappa shape index (κ3) is 4.34. The summed E-state index contributed by atoms with van der Waals surface area (Å²) in [6, 6.07) is 11.9. The predicted molar refractivity (Wildman–Crippen MR) is 126 cm³/mol. The Balaban J connectivity index is 1.78. The molecule has 164 valence electrons. The molecule has 0 saturated heterocycles. The van der Waals surface area contributed by atoms with Crippen molar-refractivity contribution < 1.29 is 14.1 Å². The number of rotatable bonds is 6. The molecule has 0 aliphatic heterocycles. The number of fused-ring (bicyclic) bond motifs is 1. The normalized spacial score (nSPS) is 12.1. The quantitative estimate of drug-likeness (QED) is 0.411. The molecule has 4 aromatic rings. The molecule has 0 amide bonds. The maximum atomic E-state index is 13.7. The van der Waals surface area contributed by atoms with Crippen molar-refractivity contribution >= 4 is 56.9 Å². The number of aromatic nitrogens is 3. The standard InChI is InChI=1S/C22H18Cl2N4O3S/c1-13-7-15(22(29)30)4-6-20(13)32(31)28(21-18(24)9-17(23)11-25-21)12-14-3-5-19-16(8-14)10-26-27(19)2/h3-11H,12H2,1-2H3,(H,29,30). The summed E-state index contributed by atoms with van der Waals surface area (Å²) in [5.41, 5.74) is 2.57. The van der Waals surface area contributed by atoms with E-state index in [9.17, 15) is 14.1 Å². The second-order valence-corrected chi connectivity index (χ2v) is 9.41. The van der Waals surface area contributed by atoms with E-state index in [0.717, 1.165) is 16.5 Å². The summed E-state index contributed by atoms with van der Waals surface area (Å²) in [6.07, 6.45) is 3.21. The molecular weight excluding hydrogens is 471 g/mol. The second kappa shape index (κ2) is 8.90. The van der Waals surface area contributed by atoms with E-state index in [0.29, 0.717) is 21.3 Å². The van der Waals surface area contributed by atoms with E-state index in [1.54, 1.807) is 34.2 Å². The van der Waals surface area contributed by atoms with Gasteiger partial charge in [-0.15, -0.1) is 0 Å². The van der Waals surface area contributed by atoms with Crippen LogP contribution in [0.5, 0.6) is 0 Å². The Bertz CT molecular complexity index is 1370. The van der Waals surface area contributed by atoms with E-state index < -0.39 is 17.0 Å². The summed E-state index contributed by atoms with van der Waals surface area (Å²) >= 11 is 12.4. The van der Waals surface area contributed by atoms with Gasteiger partial charge in [0.25, 0.3) is 0 Å². The number of anilines is 1. The lowest BCUT2D eigenvalue weighted by atomic mass is 10.1. The van der Waals surface area contributed by atoms with Crippen molar-refractivity contribution in [3.63, 3.8) is 0 Å². The number of carboxylic acid groups (broad SMARTS) is 1. The Kier molecular flexibility index (Phi) is 6.19. The molecule has 0 aliphatic carbocycles. The first-order valence-corrected chi connectivity index (χ1v) is 11.4. The van der Waals surface area contributed by atoms with Crippen LogP contribution in [0, 0.1) is 6.92 Å². The Morgan fingerprint density at radius 3 is 2.62 bits per heavy atom. The lowest BCUT2D eigenvalue weighted by Crippen LogP contribution is -2.27. The minimum Gasteiger partial charge on any atom is -0.478 e. The number of aryl methyl sites for hydroxylation is 2. The van der Waals surface area contributed by atoms with Crippen LogP contribution in [0.1, 0.15) is 21.5 Å². The topological polar surface area (TPSA) is 88.3 Å². The summed E-state index contributed by atoms with van der Waals surface area (Å²) < 4.78 is 17.0. The van der Waals surface area contributed by atoms with E-state index >= 15 is 0 Å². The number of nitrogens with zero attached hydrogens (tertiary/aromatic N) is 4. The smallest absolute Gasteiger partial charge is 0.335 e. The maximum Gasteiger partial charge on any atom is 0.335 e. The first-order valence-electron chi connectivity index (χ1n) is 9.49. The van der Waals surface area contributed by atoms with E-state index in [2.05, 4.69) is 10.1 Å². The van der Waals surface area contributed by atoms with Crippen LogP contribution < -0.4 is 4.31 Å². The van der Waals surface area contributed by atoms with E-state index in [-0.39, 0.29) is 17.1 Å². The number of halogens is 2. The molecule has 7 nitrogen and oxygen atoms in total. The molecule has 0 radical (unpaired) electrons. The second-order valence-electron chi connectivity index (χ2n) is 7.19. The van der Waals surface area contributed by atoms with Crippen molar-refractivity contribution in [2.45, 2.75) is 18.4 Å². The third-order valence-electron chi connectivity index (χ3n) is 4.97.